The SMILES string of the molecule is COc1ccc(NC(=O)CN2CCC(Cn3c(C)nc4ccccc43)CC2)c(OC)c1. The van der Waals surface area contributed by atoms with E-state index < -0.39 is 0 Å². The van der Waals surface area contributed by atoms with Crippen molar-refractivity contribution in [2.24, 2.45) is 5.92 Å². The number of benzene rings is 2. The van der Waals surface area contributed by atoms with Crippen molar-refractivity contribution in [1.29, 1.82) is 0 Å². The maximum atomic E-state index is 12.6. The van der Waals surface area contributed by atoms with Crippen molar-refractivity contribution in [2.75, 3.05) is 39.2 Å². The Kier molecular flexibility index (Phi) is 6.42. The number of aryl methyl sites for hydroxylation is 1. The molecule has 0 aliphatic carbocycles. The van der Waals surface area contributed by atoms with Crippen LogP contribution in [-0.4, -0.2) is 54.2 Å². The number of likely N-dealkylation sites (tertiary alicyclic amines) is 1. The normalized spacial score (nSPS) is 15.2. The first-order valence-electron chi connectivity index (χ1n) is 10.7. The van der Waals surface area contributed by atoms with E-state index in [0.29, 0.717) is 29.6 Å². The number of methoxy groups -OCH3 is 2. The van der Waals surface area contributed by atoms with E-state index in [9.17, 15) is 4.79 Å². The van der Waals surface area contributed by atoms with Gasteiger partial charge >= 0.3 is 0 Å². The molecule has 1 aromatic heterocycles. The second-order valence-electron chi connectivity index (χ2n) is 8.09. The fourth-order valence-corrected chi connectivity index (χ4v) is 4.31. The van der Waals surface area contributed by atoms with Gasteiger partial charge in [0.1, 0.15) is 17.3 Å². The van der Waals surface area contributed by atoms with Gasteiger partial charge in [-0.2, -0.15) is 0 Å². The Morgan fingerprint density at radius 2 is 1.90 bits per heavy atom. The topological polar surface area (TPSA) is 68.6 Å². The van der Waals surface area contributed by atoms with Gasteiger partial charge in [-0.15, -0.1) is 0 Å². The molecule has 0 bridgehead atoms. The number of imidazole rings is 1. The number of nitrogens with one attached hydrogen (secondary N) is 1. The molecule has 0 atom stereocenters. The number of carbonyl (C=O) groups excluding carboxylic acids is 1. The number of hydrogen-bond acceptors (Lipinski definition) is 5. The maximum Gasteiger partial charge on any atom is 0.238 e. The van der Waals surface area contributed by atoms with Gasteiger partial charge < -0.3 is 19.4 Å². The first-order chi connectivity index (χ1) is 15.1. The molecule has 7 heteroatoms. The summed E-state index contributed by atoms with van der Waals surface area (Å²) in [4.78, 5) is 19.5. The van der Waals surface area contributed by atoms with Gasteiger partial charge in [0.15, 0.2) is 0 Å². The van der Waals surface area contributed by atoms with Crippen molar-refractivity contribution < 1.29 is 14.3 Å². The van der Waals surface area contributed by atoms with Crippen LogP contribution in [0.3, 0.4) is 0 Å². The molecule has 1 aliphatic rings. The molecule has 1 amide bonds. The highest BCUT2D eigenvalue weighted by Gasteiger charge is 2.22. The molecule has 31 heavy (non-hydrogen) atoms. The van der Waals surface area contributed by atoms with Crippen LogP contribution in [0.2, 0.25) is 0 Å². The first kappa shape index (κ1) is 21.2. The fraction of sp³-hybridized carbons (Fsp3) is 0.417. The lowest BCUT2D eigenvalue weighted by molar-refractivity contribution is -0.117. The van der Waals surface area contributed by atoms with Gasteiger partial charge in [-0.1, -0.05) is 12.1 Å². The van der Waals surface area contributed by atoms with Gasteiger partial charge in [0.25, 0.3) is 0 Å². The minimum absolute atomic E-state index is 0.0293. The predicted octanol–water partition coefficient (Wildman–Crippen LogP) is 3.71. The van der Waals surface area contributed by atoms with Crippen molar-refractivity contribution in [2.45, 2.75) is 26.3 Å². The van der Waals surface area contributed by atoms with E-state index in [-0.39, 0.29) is 5.91 Å². The smallest absolute Gasteiger partial charge is 0.238 e. The number of ether oxygens (including phenoxy) is 2. The number of fused-ring (bicyclic) bond motifs is 1. The van der Waals surface area contributed by atoms with E-state index >= 15 is 0 Å². The van der Waals surface area contributed by atoms with E-state index in [2.05, 4.69) is 44.9 Å². The van der Waals surface area contributed by atoms with Crippen LogP contribution < -0.4 is 14.8 Å². The molecule has 1 aliphatic heterocycles. The zero-order chi connectivity index (χ0) is 21.8. The lowest BCUT2D eigenvalue weighted by Crippen LogP contribution is -2.40. The van der Waals surface area contributed by atoms with Gasteiger partial charge in [-0.25, -0.2) is 4.98 Å². The predicted molar refractivity (Wildman–Crippen MR) is 122 cm³/mol. The summed E-state index contributed by atoms with van der Waals surface area (Å²) in [6, 6.07) is 13.7. The minimum atomic E-state index is -0.0293. The van der Waals surface area contributed by atoms with Crippen molar-refractivity contribution in [3.63, 3.8) is 0 Å². The molecule has 7 nitrogen and oxygen atoms in total. The molecule has 0 spiro atoms. The third-order valence-corrected chi connectivity index (χ3v) is 6.04. The van der Waals surface area contributed by atoms with E-state index in [1.807, 2.05) is 12.1 Å². The van der Waals surface area contributed by atoms with Gasteiger partial charge in [0, 0.05) is 12.6 Å². The standard InChI is InChI=1S/C24H30N4O3/c1-17-25-20-6-4-5-7-22(20)28(17)15-18-10-12-27(13-11-18)16-24(29)26-21-9-8-19(30-2)14-23(21)31-3/h4-9,14,18H,10-13,15-16H2,1-3H3,(H,26,29). The summed E-state index contributed by atoms with van der Waals surface area (Å²) in [6.07, 6.45) is 2.15. The van der Waals surface area contributed by atoms with E-state index in [0.717, 1.165) is 43.8 Å². The van der Waals surface area contributed by atoms with Gasteiger partial charge in [-0.3, -0.25) is 9.69 Å². The molecule has 0 unspecified atom stereocenters. The number of carbonyl (C=O) groups is 1. The molecule has 3 aromatic rings. The van der Waals surface area contributed by atoms with Gasteiger partial charge in [0.05, 0.1) is 37.5 Å². The Morgan fingerprint density at radius 3 is 2.65 bits per heavy atom. The largest absolute Gasteiger partial charge is 0.497 e. The minimum Gasteiger partial charge on any atom is -0.497 e. The molecule has 2 aromatic carbocycles. The molecule has 0 saturated carbocycles. The second-order valence-corrected chi connectivity index (χ2v) is 8.09. The number of amides is 1. The Balaban J connectivity index is 1.30. The number of hydrogen-bond donors (Lipinski definition) is 1. The molecular formula is C24H30N4O3. The number of aromatic nitrogens is 2. The number of anilines is 1. The first-order valence-corrected chi connectivity index (χ1v) is 10.7. The van der Waals surface area contributed by atoms with Gasteiger partial charge in [0.2, 0.25) is 5.91 Å². The van der Waals surface area contributed by atoms with Gasteiger partial charge in [-0.05, 0) is 63.0 Å². The summed E-state index contributed by atoms with van der Waals surface area (Å²) in [5, 5.41) is 2.96. The van der Waals surface area contributed by atoms with E-state index in [1.165, 1.54) is 5.52 Å². The summed E-state index contributed by atoms with van der Waals surface area (Å²) in [5.74, 6) is 2.92. The Morgan fingerprint density at radius 1 is 1.13 bits per heavy atom. The van der Waals surface area contributed by atoms with Crippen LogP contribution in [-0.2, 0) is 11.3 Å². The monoisotopic (exact) mass is 422 g/mol. The van der Waals surface area contributed by atoms with Crippen molar-refractivity contribution >= 4 is 22.6 Å². The summed E-state index contributed by atoms with van der Waals surface area (Å²) in [7, 11) is 3.19. The molecule has 1 N–H and O–H groups in total. The summed E-state index contributed by atoms with van der Waals surface area (Å²) in [5.41, 5.74) is 2.92. The van der Waals surface area contributed by atoms with Crippen LogP contribution in [0.4, 0.5) is 5.69 Å². The third kappa shape index (κ3) is 4.82. The van der Waals surface area contributed by atoms with Crippen LogP contribution in [0.15, 0.2) is 42.5 Å². The summed E-state index contributed by atoms with van der Waals surface area (Å²) < 4.78 is 12.9. The van der Waals surface area contributed by atoms with Crippen LogP contribution in [0.5, 0.6) is 11.5 Å². The van der Waals surface area contributed by atoms with Crippen molar-refractivity contribution in [1.82, 2.24) is 14.5 Å². The summed E-state index contributed by atoms with van der Waals surface area (Å²) >= 11 is 0. The average molecular weight is 423 g/mol. The van der Waals surface area contributed by atoms with Crippen molar-refractivity contribution in [3.05, 3.63) is 48.3 Å². The molecule has 1 saturated heterocycles. The van der Waals surface area contributed by atoms with Crippen molar-refractivity contribution in [3.8, 4) is 11.5 Å². The highest BCUT2D eigenvalue weighted by Crippen LogP contribution is 2.29. The van der Waals surface area contributed by atoms with E-state index in [1.54, 1.807) is 26.4 Å². The molecule has 1 fully saturated rings. The Labute approximate surface area is 183 Å². The Hall–Kier alpha value is -3.06. The quantitative estimate of drug-likeness (QED) is 0.629. The lowest BCUT2D eigenvalue weighted by Gasteiger charge is -2.32. The Bertz CT molecular complexity index is 1050. The van der Waals surface area contributed by atoms with E-state index in [4.69, 9.17) is 9.47 Å². The lowest BCUT2D eigenvalue weighted by atomic mass is 9.96. The molecule has 0 radical (unpaired) electrons. The van der Waals surface area contributed by atoms with Crippen LogP contribution in [0.25, 0.3) is 11.0 Å². The second kappa shape index (κ2) is 9.39. The van der Waals surface area contributed by atoms with Crippen LogP contribution in [0.1, 0.15) is 18.7 Å². The summed E-state index contributed by atoms with van der Waals surface area (Å²) in [6.45, 7) is 5.28. The molecule has 164 valence electrons. The molecule has 4 rings (SSSR count). The van der Waals surface area contributed by atoms with Crippen LogP contribution in [0, 0.1) is 12.8 Å². The molecule has 2 heterocycles. The number of para-hydroxylation sites is 2. The third-order valence-electron chi connectivity index (χ3n) is 6.04. The fourth-order valence-electron chi connectivity index (χ4n) is 4.31. The zero-order valence-electron chi connectivity index (χ0n) is 18.4. The average Bonchev–Trinajstić information content (AvgIpc) is 3.10. The number of rotatable bonds is 7. The maximum absolute atomic E-state index is 12.6. The zero-order valence-corrected chi connectivity index (χ0v) is 18.4. The molecular weight excluding hydrogens is 392 g/mol. The number of piperidine rings is 1. The number of nitrogens with zero attached hydrogens (tertiary/aromatic N) is 3. The van der Waals surface area contributed by atoms with Crippen LogP contribution >= 0.6 is 0 Å². The highest BCUT2D eigenvalue weighted by molar-refractivity contribution is 5.93. The highest BCUT2D eigenvalue weighted by atomic mass is 16.5.